The molecule has 0 aromatic heterocycles. The van der Waals surface area contributed by atoms with Crippen LogP contribution in [-0.4, -0.2) is 49.3 Å². The van der Waals surface area contributed by atoms with E-state index in [1.165, 1.54) is 128 Å². The number of carbonyl (C=O) groups is 2. The van der Waals surface area contributed by atoms with Gasteiger partial charge in [-0.15, -0.1) is 0 Å². The van der Waals surface area contributed by atoms with Crippen molar-refractivity contribution in [2.45, 2.75) is 258 Å². The number of hydrogen-bond donors (Lipinski definition) is 2. The minimum Gasteiger partial charge on any atom is -0.462 e. The van der Waals surface area contributed by atoms with Crippen LogP contribution in [0.3, 0.4) is 0 Å². The molecule has 0 aliphatic carbocycles. The molecule has 3 N–H and O–H groups in total. The van der Waals surface area contributed by atoms with Gasteiger partial charge in [-0.05, 0) is 77.0 Å². The summed E-state index contributed by atoms with van der Waals surface area (Å²) in [5.74, 6) is -0.826. The lowest BCUT2D eigenvalue weighted by Gasteiger charge is -2.19. The van der Waals surface area contributed by atoms with Crippen LogP contribution in [0.25, 0.3) is 0 Å². The van der Waals surface area contributed by atoms with E-state index in [0.717, 1.165) is 89.9 Å². The van der Waals surface area contributed by atoms with E-state index in [0.29, 0.717) is 6.42 Å². The van der Waals surface area contributed by atoms with Crippen molar-refractivity contribution in [2.24, 2.45) is 5.73 Å². The van der Waals surface area contributed by atoms with Crippen molar-refractivity contribution in [3.8, 4) is 0 Å². The third-order valence-corrected chi connectivity index (χ3v) is 13.2. The van der Waals surface area contributed by atoms with Crippen molar-refractivity contribution >= 4 is 19.8 Å². The van der Waals surface area contributed by atoms with Crippen molar-refractivity contribution in [3.05, 3.63) is 97.2 Å². The molecule has 0 radical (unpaired) electrons. The molecule has 0 aliphatic rings. The number of hydrogen-bond acceptors (Lipinski definition) is 8. The summed E-state index contributed by atoms with van der Waals surface area (Å²) in [5, 5.41) is 0. The molecule has 9 nitrogen and oxygen atoms in total. The average molecular weight is 1030 g/mol. The van der Waals surface area contributed by atoms with E-state index in [-0.39, 0.29) is 38.6 Å². The molecule has 0 saturated carbocycles. The monoisotopic (exact) mass is 1030 g/mol. The second kappa shape index (κ2) is 57.2. The molecule has 10 heteroatoms. The SMILES string of the molecule is CC/C=C\C/C=C\C/C=C\C/C=C\C/C=C\C/C=C\C/C=C\C/C=C\CCCCCCCCCCCCCCCCCCC(=O)OC(COC(=O)CCCCCCCCCCCC)COP(=O)(O)OCCN. The number of nitrogens with two attached hydrogens (primary N) is 1. The topological polar surface area (TPSA) is 134 Å². The second-order valence-electron chi connectivity index (χ2n) is 19.1. The molecule has 0 aromatic carbocycles. The quantitative estimate of drug-likeness (QED) is 0.0264. The molecular weight excluding hydrogens is 918 g/mol. The lowest BCUT2D eigenvalue weighted by Crippen LogP contribution is -2.29. The van der Waals surface area contributed by atoms with Gasteiger partial charge < -0.3 is 20.1 Å². The van der Waals surface area contributed by atoms with Crippen LogP contribution in [0.15, 0.2) is 97.2 Å². The molecule has 0 heterocycles. The van der Waals surface area contributed by atoms with Crippen LogP contribution in [0.5, 0.6) is 0 Å². The molecule has 414 valence electrons. The molecule has 0 saturated heterocycles. The Bertz CT molecular complexity index is 1500. The van der Waals surface area contributed by atoms with Gasteiger partial charge >= 0.3 is 19.8 Å². The number of carbonyl (C=O) groups excluding carboxylic acids is 2. The zero-order valence-electron chi connectivity index (χ0n) is 46.1. The largest absolute Gasteiger partial charge is 0.472 e. The average Bonchev–Trinajstić information content (AvgIpc) is 3.37. The number of esters is 2. The highest BCUT2D eigenvalue weighted by atomic mass is 31.2. The summed E-state index contributed by atoms with van der Waals surface area (Å²) in [6.45, 7) is 3.61. The van der Waals surface area contributed by atoms with Crippen LogP contribution in [0.4, 0.5) is 0 Å². The fourth-order valence-corrected chi connectivity index (χ4v) is 8.71. The summed E-state index contributed by atoms with van der Waals surface area (Å²) < 4.78 is 32.9. The Morgan fingerprint density at radius 1 is 0.431 bits per heavy atom. The fourth-order valence-electron chi connectivity index (χ4n) is 7.95. The minimum absolute atomic E-state index is 0.0524. The first-order valence-electron chi connectivity index (χ1n) is 29.2. The van der Waals surface area contributed by atoms with Crippen molar-refractivity contribution in [3.63, 3.8) is 0 Å². The fraction of sp³-hybridized carbons (Fsp3) is 0.710. The summed E-state index contributed by atoms with van der Waals surface area (Å²) in [7, 11) is -4.38. The number of phosphoric ester groups is 1. The van der Waals surface area contributed by atoms with E-state index in [2.05, 4.69) is 111 Å². The first-order valence-corrected chi connectivity index (χ1v) is 30.7. The number of phosphoric acid groups is 1. The summed E-state index contributed by atoms with van der Waals surface area (Å²) >= 11 is 0. The predicted molar refractivity (Wildman–Crippen MR) is 307 cm³/mol. The van der Waals surface area contributed by atoms with Gasteiger partial charge in [-0.3, -0.25) is 18.6 Å². The highest BCUT2D eigenvalue weighted by Gasteiger charge is 2.26. The Balaban J connectivity index is 3.81. The van der Waals surface area contributed by atoms with Crippen molar-refractivity contribution in [1.82, 2.24) is 0 Å². The maximum Gasteiger partial charge on any atom is 0.472 e. The van der Waals surface area contributed by atoms with Gasteiger partial charge in [0.05, 0.1) is 13.2 Å². The Kier molecular flexibility index (Phi) is 54.8. The summed E-state index contributed by atoms with van der Waals surface area (Å²) in [6, 6.07) is 0. The molecule has 0 aromatic rings. The maximum atomic E-state index is 12.7. The molecule has 2 atom stereocenters. The van der Waals surface area contributed by atoms with Crippen molar-refractivity contribution < 1.29 is 37.6 Å². The van der Waals surface area contributed by atoms with Gasteiger partial charge in [-0.2, -0.15) is 0 Å². The molecule has 72 heavy (non-hydrogen) atoms. The third-order valence-electron chi connectivity index (χ3n) is 12.2. The number of rotatable bonds is 54. The van der Waals surface area contributed by atoms with E-state index >= 15 is 0 Å². The molecule has 0 rings (SSSR count). The van der Waals surface area contributed by atoms with Crippen LogP contribution in [0.1, 0.15) is 251 Å². The molecule has 0 amide bonds. The smallest absolute Gasteiger partial charge is 0.462 e. The number of ether oxygens (including phenoxy) is 2. The zero-order valence-corrected chi connectivity index (χ0v) is 47.0. The normalized spacial score (nSPS) is 13.8. The van der Waals surface area contributed by atoms with Crippen LogP contribution in [0.2, 0.25) is 0 Å². The molecule has 0 aliphatic heterocycles. The Morgan fingerprint density at radius 3 is 1.14 bits per heavy atom. The van der Waals surface area contributed by atoms with Crippen LogP contribution >= 0.6 is 7.82 Å². The lowest BCUT2D eigenvalue weighted by atomic mass is 10.0. The second-order valence-corrected chi connectivity index (χ2v) is 20.6. The molecule has 0 spiro atoms. The van der Waals surface area contributed by atoms with Gasteiger partial charge in [0, 0.05) is 19.4 Å². The highest BCUT2D eigenvalue weighted by molar-refractivity contribution is 7.47. The Morgan fingerprint density at radius 2 is 0.764 bits per heavy atom. The number of unbranched alkanes of at least 4 members (excludes halogenated alkanes) is 25. The van der Waals surface area contributed by atoms with E-state index < -0.39 is 26.5 Å². The standard InChI is InChI=1S/C62H108NO8P/c1-3-5-7-9-11-13-15-16-17-18-19-20-21-22-23-24-25-26-27-28-29-30-31-32-33-34-35-36-37-38-39-40-41-42-43-44-45-47-49-51-53-55-62(65)71-60(59-70-72(66,67)69-57-56-63)58-68-61(64)54-52-50-48-46-14-12-10-8-6-4-2/h5,7,11,13,16-17,19-20,22-23,25-26,28-29,31-32,60H,3-4,6,8-10,12,14-15,18,21,24,27,30,33-59,63H2,1-2H3,(H,66,67)/b7-5-,13-11-,17-16-,20-19-,23-22-,26-25-,29-28-,32-31-. The van der Waals surface area contributed by atoms with Gasteiger partial charge in [0.15, 0.2) is 6.10 Å². The van der Waals surface area contributed by atoms with Crippen LogP contribution in [0, 0.1) is 0 Å². The Hall–Kier alpha value is -3.07. The van der Waals surface area contributed by atoms with Gasteiger partial charge in [-0.25, -0.2) is 4.57 Å². The third kappa shape index (κ3) is 56.2. The van der Waals surface area contributed by atoms with E-state index in [4.69, 9.17) is 24.3 Å². The van der Waals surface area contributed by atoms with E-state index in [1.807, 2.05) is 0 Å². The summed E-state index contributed by atoms with van der Waals surface area (Å²) in [6.07, 6.45) is 76.3. The zero-order chi connectivity index (χ0) is 52.4. The maximum absolute atomic E-state index is 12.7. The molecule has 2 unspecified atom stereocenters. The predicted octanol–water partition coefficient (Wildman–Crippen LogP) is 18.5. The highest BCUT2D eigenvalue weighted by Crippen LogP contribution is 2.43. The minimum atomic E-state index is -4.38. The van der Waals surface area contributed by atoms with E-state index in [9.17, 15) is 19.0 Å². The van der Waals surface area contributed by atoms with Crippen molar-refractivity contribution in [2.75, 3.05) is 26.4 Å². The Labute approximate surface area is 442 Å². The molecular formula is C62H108NO8P. The first-order chi connectivity index (χ1) is 35.3. The van der Waals surface area contributed by atoms with Gasteiger partial charge in [0.25, 0.3) is 0 Å². The first kappa shape index (κ1) is 68.9. The van der Waals surface area contributed by atoms with Crippen LogP contribution < -0.4 is 5.73 Å². The summed E-state index contributed by atoms with van der Waals surface area (Å²) in [4.78, 5) is 35.0. The van der Waals surface area contributed by atoms with Gasteiger partial charge in [0.1, 0.15) is 6.61 Å². The van der Waals surface area contributed by atoms with E-state index in [1.54, 1.807) is 0 Å². The van der Waals surface area contributed by atoms with Gasteiger partial charge in [0.2, 0.25) is 0 Å². The van der Waals surface area contributed by atoms with Crippen LogP contribution in [-0.2, 0) is 32.7 Å². The van der Waals surface area contributed by atoms with Crippen molar-refractivity contribution in [1.29, 1.82) is 0 Å². The van der Waals surface area contributed by atoms with Gasteiger partial charge in [-0.1, -0.05) is 259 Å². The number of allylic oxidation sites excluding steroid dienone is 16. The summed E-state index contributed by atoms with van der Waals surface area (Å²) in [5.41, 5.74) is 5.36. The molecule has 0 fully saturated rings. The lowest BCUT2D eigenvalue weighted by molar-refractivity contribution is -0.161. The molecule has 0 bridgehead atoms.